The van der Waals surface area contributed by atoms with Gasteiger partial charge in [-0.3, -0.25) is 28.6 Å². The summed E-state index contributed by atoms with van der Waals surface area (Å²) in [4.78, 5) is 99.8. The third-order valence-corrected chi connectivity index (χ3v) is 29.5. The van der Waals surface area contributed by atoms with Gasteiger partial charge in [0.2, 0.25) is 11.1 Å². The molecule has 0 unspecified atom stereocenters. The normalized spacial score (nSPS) is 10.8. The van der Waals surface area contributed by atoms with Gasteiger partial charge in [0.05, 0.1) is 66.5 Å². The van der Waals surface area contributed by atoms with Crippen molar-refractivity contribution in [2.24, 2.45) is 14.1 Å². The number of carbonyl (C=O) groups excluding carboxylic acids is 3. The van der Waals surface area contributed by atoms with Gasteiger partial charge in [-0.1, -0.05) is 72.8 Å². The number of aromatic carboxylic acids is 1. The van der Waals surface area contributed by atoms with E-state index in [0.29, 0.717) is 43.2 Å². The Hall–Kier alpha value is -6.71. The summed E-state index contributed by atoms with van der Waals surface area (Å²) in [5, 5.41) is 20.1. The van der Waals surface area contributed by atoms with Crippen molar-refractivity contribution in [1.82, 2.24) is 39.5 Å². The van der Waals surface area contributed by atoms with E-state index >= 15 is 0 Å². The Kier molecular flexibility index (Phi) is 30.4. The molecule has 6 aromatic heterocycles. The van der Waals surface area contributed by atoms with Gasteiger partial charge in [-0.2, -0.15) is 14.9 Å². The van der Waals surface area contributed by atoms with Crippen molar-refractivity contribution < 1.29 is 53.1 Å². The predicted octanol–water partition coefficient (Wildman–Crippen LogP) is 15.4. The number of carboxylic acids is 1. The smallest absolute Gasteiger partial charge is 0.373 e. The zero-order valence-electron chi connectivity index (χ0n) is 50.7. The number of carboxylic acid groups (broad SMARTS) is 1. The molecule has 0 spiro atoms. The van der Waals surface area contributed by atoms with E-state index in [9.17, 15) is 33.3 Å². The minimum atomic E-state index is -2.20. The fourth-order valence-electron chi connectivity index (χ4n) is 9.51. The number of para-hydroxylation sites is 4. The number of benzene rings is 4. The van der Waals surface area contributed by atoms with Crippen LogP contribution in [0.15, 0.2) is 160 Å². The Balaban J connectivity index is 0.000000201. The van der Waals surface area contributed by atoms with Crippen LogP contribution in [0.1, 0.15) is 101 Å². The molecule has 476 valence electrons. The predicted molar refractivity (Wildman–Crippen MR) is 368 cm³/mol. The van der Waals surface area contributed by atoms with Crippen LogP contribution in [0.3, 0.4) is 0 Å². The van der Waals surface area contributed by atoms with Crippen LogP contribution < -0.4 is 14.7 Å². The minimum Gasteiger partial charge on any atom is -0.478 e. The molecular formula is C63H69Br4N8O13PSn. The zero-order chi connectivity index (χ0) is 66.0. The summed E-state index contributed by atoms with van der Waals surface area (Å²) in [6.07, 6.45) is 16.4. The van der Waals surface area contributed by atoms with Gasteiger partial charge >= 0.3 is 148 Å². The summed E-state index contributed by atoms with van der Waals surface area (Å²) in [5.41, 5.74) is 4.55. The standard InChI is InChI=1S/C15H13N3O2.C11H8BrNO3.C11H9NO4.C10H7NO3.C4H5N2.3C4H9.Br3OP.Sn/c1-18-9-10(8-16-18)14-7-12(15(19)20-2)11-5-3-4-6-13(11)17-14;1-15-16-11(14)8-6-10(12)13-9-5-3-2-4-7(8)9;1-15-16-11(14)8-6-10(13)12-9-5-3-2-4-7(8)9;12-9-5-7(10(13)14)6-3-1-2-4-8(6)11-9;1-6-4-2-3-5-6;3*1-3-4-2;1-5(2,3)4;/h3-9H,1-2H3;2-6H,1H3;2-6H,1H3,(H,12,13);1-5H,(H,11,12)(H,13,14);3-4H,1H3;3*1,3-4H2,2H3;;. The maximum Gasteiger partial charge on any atom is 0.373 e. The number of ether oxygens (including phenoxy) is 1. The van der Waals surface area contributed by atoms with Gasteiger partial charge in [-0.15, -0.1) is 0 Å². The van der Waals surface area contributed by atoms with Crippen molar-refractivity contribution >= 4 is 155 Å². The molecular weight excluding hydrogens is 1550 g/mol. The quantitative estimate of drug-likeness (QED) is 0.0191. The number of hydrogen-bond acceptors (Lipinski definition) is 16. The van der Waals surface area contributed by atoms with Crippen molar-refractivity contribution in [1.29, 1.82) is 0 Å². The second-order valence-electron chi connectivity index (χ2n) is 19.9. The Bertz CT molecular complexity index is 4190. The number of nitrogens with one attached hydrogen (secondary N) is 2. The number of H-pyrrole nitrogens is 2. The van der Waals surface area contributed by atoms with E-state index in [1.54, 1.807) is 81.2 Å². The first kappa shape index (κ1) is 74.0. The van der Waals surface area contributed by atoms with Crippen molar-refractivity contribution in [3.63, 3.8) is 0 Å². The summed E-state index contributed by atoms with van der Waals surface area (Å²) in [5.74, 6) is -2.69. The largest absolute Gasteiger partial charge is 0.478 e. The number of aromatic amines is 2. The third-order valence-electron chi connectivity index (χ3n) is 13.6. The molecule has 10 rings (SSSR count). The molecule has 90 heavy (non-hydrogen) atoms. The summed E-state index contributed by atoms with van der Waals surface area (Å²) in [7, 11) is 7.80. The van der Waals surface area contributed by atoms with Gasteiger partial charge in [0.15, 0.2) is 0 Å². The number of fused-ring (bicyclic) bond motifs is 4. The van der Waals surface area contributed by atoms with E-state index in [1.165, 1.54) is 79.2 Å². The number of halogens is 4. The number of unbranched alkanes of at least 4 members (excludes halogenated alkanes) is 3. The molecule has 0 saturated heterocycles. The van der Waals surface area contributed by atoms with E-state index in [1.807, 2.05) is 60.4 Å². The van der Waals surface area contributed by atoms with Crippen LogP contribution in [-0.4, -0.2) is 108 Å². The van der Waals surface area contributed by atoms with Crippen LogP contribution >= 0.6 is 65.6 Å². The molecule has 0 amide bonds. The zero-order valence-corrected chi connectivity index (χ0v) is 60.8. The van der Waals surface area contributed by atoms with E-state index in [-0.39, 0.29) is 22.7 Å². The maximum absolute atomic E-state index is 11.9. The number of methoxy groups -OCH3 is 1. The fourth-order valence-corrected chi connectivity index (χ4v) is 25.6. The molecule has 4 aromatic carbocycles. The molecule has 10 aromatic rings. The van der Waals surface area contributed by atoms with Gasteiger partial charge in [0.1, 0.15) is 4.60 Å². The average Bonchev–Trinajstić information content (AvgIpc) is 1.20. The van der Waals surface area contributed by atoms with Crippen LogP contribution in [0.5, 0.6) is 0 Å². The average molecular weight is 1620 g/mol. The first-order valence-electron chi connectivity index (χ1n) is 28.2. The Labute approximate surface area is 556 Å². The number of nitrogens with zero attached hydrogens (tertiary/aromatic N) is 6. The number of aromatic nitrogens is 8. The van der Waals surface area contributed by atoms with Crippen molar-refractivity contribution in [2.75, 3.05) is 21.3 Å². The first-order chi connectivity index (χ1) is 43.0. The molecule has 0 saturated carbocycles. The van der Waals surface area contributed by atoms with Crippen LogP contribution in [0, 0.1) is 0 Å². The molecule has 0 fully saturated rings. The van der Waals surface area contributed by atoms with Crippen LogP contribution in [-0.2, 0) is 42.9 Å². The summed E-state index contributed by atoms with van der Waals surface area (Å²) < 4.78 is 23.2. The molecule has 0 radical (unpaired) electrons. The van der Waals surface area contributed by atoms with E-state index < -0.39 is 45.1 Å². The molecule has 6 heterocycles. The van der Waals surface area contributed by atoms with Gasteiger partial charge < -0.3 is 19.8 Å². The molecule has 21 nitrogen and oxygen atoms in total. The molecule has 3 N–H and O–H groups in total. The van der Waals surface area contributed by atoms with Gasteiger partial charge in [-0.25, -0.2) is 29.1 Å². The third kappa shape index (κ3) is 22.6. The molecule has 27 heteroatoms. The van der Waals surface area contributed by atoms with Crippen LogP contribution in [0.2, 0.25) is 13.3 Å². The topological polar surface area (TPSA) is 279 Å². The number of rotatable bonds is 17. The molecule has 0 atom stereocenters. The second kappa shape index (κ2) is 37.0. The second-order valence-corrected chi connectivity index (χ2v) is 52.3. The van der Waals surface area contributed by atoms with E-state index in [0.717, 1.165) is 33.4 Å². The van der Waals surface area contributed by atoms with E-state index in [4.69, 9.17) is 9.84 Å². The summed E-state index contributed by atoms with van der Waals surface area (Å²) in [6.45, 7) is 7.00. The Morgan fingerprint density at radius 3 is 1.41 bits per heavy atom. The van der Waals surface area contributed by atoms with Crippen molar-refractivity contribution in [2.45, 2.75) is 72.6 Å². The summed E-state index contributed by atoms with van der Waals surface area (Å²) >= 11 is 9.38. The number of carbonyl (C=O) groups is 4. The number of aryl methyl sites for hydroxylation is 2. The number of esters is 1. The van der Waals surface area contributed by atoms with Gasteiger partial charge in [0, 0.05) is 110 Å². The molecule has 0 aliphatic carbocycles. The Morgan fingerprint density at radius 1 is 0.567 bits per heavy atom. The minimum absolute atomic E-state index is 0.0318. The first-order valence-corrected chi connectivity index (χ1v) is 44.2. The van der Waals surface area contributed by atoms with Gasteiger partial charge in [0.25, 0.3) is 3.25 Å². The van der Waals surface area contributed by atoms with Gasteiger partial charge in [-0.05, 0) is 52.3 Å². The van der Waals surface area contributed by atoms with E-state index in [2.05, 4.69) is 152 Å². The number of pyridine rings is 4. The molecule has 0 aliphatic heterocycles. The van der Waals surface area contributed by atoms with Crippen LogP contribution in [0.25, 0.3) is 54.9 Å². The van der Waals surface area contributed by atoms with Crippen LogP contribution in [0.4, 0.5) is 0 Å². The van der Waals surface area contributed by atoms with Crippen molar-refractivity contribution in [3.05, 3.63) is 194 Å². The molecule has 0 aliphatic rings. The summed E-state index contributed by atoms with van der Waals surface area (Å²) in [6, 6.07) is 34.2. The molecule has 0 bridgehead atoms. The SMILES string of the molecule is CCC[CH2][Sn]([CH2]CCC)([CH2]CCC)[c]1cnn(C)c1.COC(=O)c1cc(-c2cnn(C)c2)nc2ccccc12.COOC(=O)c1cc(=O)[nH]c2ccccc12.COOC(=O)c1cc(Br)nc2ccccc12.O=C(O)c1cc(=O)[nH]c2ccccc12.O=P(Br)(Br)Br. The Morgan fingerprint density at radius 2 is 0.978 bits per heavy atom. The monoisotopic (exact) mass is 1610 g/mol. The maximum atomic E-state index is 11.9. The van der Waals surface area contributed by atoms with Crippen molar-refractivity contribution in [3.8, 4) is 11.3 Å². The fraction of sp³-hybridized carbons (Fsp3) is 0.270. The number of hydrogen-bond donors (Lipinski definition) is 3.